The van der Waals surface area contributed by atoms with Crippen LogP contribution >= 0.6 is 0 Å². The molecule has 6 nitrogen and oxygen atoms in total. The van der Waals surface area contributed by atoms with Crippen LogP contribution < -0.4 is 10.6 Å². The molecule has 2 aromatic carbocycles. The minimum absolute atomic E-state index is 0.0299. The van der Waals surface area contributed by atoms with Crippen molar-refractivity contribution in [3.05, 3.63) is 59.9 Å². The number of hydrogen-bond acceptors (Lipinski definition) is 3. The Hall–Kier alpha value is -3.15. The average molecular weight is 378 g/mol. The Bertz CT molecular complexity index is 1000. The van der Waals surface area contributed by atoms with Crippen molar-refractivity contribution in [1.82, 2.24) is 20.4 Å². The molecular weight excluding hydrogens is 352 g/mol. The molecule has 0 radical (unpaired) electrons. The van der Waals surface area contributed by atoms with Crippen LogP contribution in [0.15, 0.2) is 48.7 Å². The zero-order valence-corrected chi connectivity index (χ0v) is 16.7. The van der Waals surface area contributed by atoms with Crippen LogP contribution in [0.4, 0.5) is 0 Å². The lowest BCUT2D eigenvalue weighted by molar-refractivity contribution is -0.128. The van der Waals surface area contributed by atoms with Crippen molar-refractivity contribution in [2.24, 2.45) is 5.92 Å². The van der Waals surface area contributed by atoms with E-state index < -0.39 is 0 Å². The molecule has 3 aromatic rings. The molecule has 0 aliphatic heterocycles. The number of nitrogens with one attached hydrogen (secondary N) is 2. The van der Waals surface area contributed by atoms with Gasteiger partial charge in [0.25, 0.3) is 0 Å². The molecule has 0 fully saturated rings. The quantitative estimate of drug-likeness (QED) is 0.691. The van der Waals surface area contributed by atoms with Crippen molar-refractivity contribution in [2.75, 3.05) is 6.54 Å². The van der Waals surface area contributed by atoms with Crippen LogP contribution in [0.5, 0.6) is 0 Å². The third-order valence-electron chi connectivity index (χ3n) is 4.83. The van der Waals surface area contributed by atoms with Gasteiger partial charge in [-0.3, -0.25) is 9.59 Å². The third kappa shape index (κ3) is 4.06. The summed E-state index contributed by atoms with van der Waals surface area (Å²) < 4.78 is 1.90. The predicted octanol–water partition coefficient (Wildman–Crippen LogP) is 3.28. The minimum Gasteiger partial charge on any atom is -0.348 e. The van der Waals surface area contributed by atoms with Crippen molar-refractivity contribution < 1.29 is 9.59 Å². The highest BCUT2D eigenvalue weighted by Crippen LogP contribution is 2.25. The van der Waals surface area contributed by atoms with E-state index in [4.69, 9.17) is 0 Å². The average Bonchev–Trinajstić information content (AvgIpc) is 3.06. The van der Waals surface area contributed by atoms with Crippen molar-refractivity contribution in [3.8, 4) is 5.69 Å². The number of rotatable bonds is 6. The molecule has 2 N–H and O–H groups in total. The number of aromatic nitrogens is 2. The van der Waals surface area contributed by atoms with Gasteiger partial charge >= 0.3 is 0 Å². The summed E-state index contributed by atoms with van der Waals surface area (Å²) in [5.74, 6) is -0.507. The van der Waals surface area contributed by atoms with Crippen LogP contribution in [-0.2, 0) is 9.59 Å². The summed E-state index contributed by atoms with van der Waals surface area (Å²) in [4.78, 5) is 23.8. The highest BCUT2D eigenvalue weighted by Gasteiger charge is 2.18. The molecule has 1 atom stereocenters. The summed E-state index contributed by atoms with van der Waals surface area (Å²) in [7, 11) is 0. The number of benzene rings is 2. The molecular formula is C22H26N4O2. The first-order chi connectivity index (χ1) is 13.4. The fourth-order valence-corrected chi connectivity index (χ4v) is 3.23. The van der Waals surface area contributed by atoms with Gasteiger partial charge in [0.15, 0.2) is 0 Å². The van der Waals surface area contributed by atoms with Gasteiger partial charge in [0.05, 0.1) is 24.5 Å². The van der Waals surface area contributed by atoms with Crippen molar-refractivity contribution in [1.29, 1.82) is 0 Å². The van der Waals surface area contributed by atoms with Gasteiger partial charge in [0.1, 0.15) is 0 Å². The molecule has 0 spiro atoms. The highest BCUT2D eigenvalue weighted by molar-refractivity contribution is 5.90. The largest absolute Gasteiger partial charge is 0.348 e. The first-order valence-corrected chi connectivity index (χ1v) is 9.48. The Morgan fingerprint density at radius 1 is 1.07 bits per heavy atom. The van der Waals surface area contributed by atoms with Crippen LogP contribution in [0.2, 0.25) is 0 Å². The van der Waals surface area contributed by atoms with Gasteiger partial charge in [0.2, 0.25) is 11.8 Å². The van der Waals surface area contributed by atoms with E-state index in [0.29, 0.717) is 0 Å². The van der Waals surface area contributed by atoms with Crippen LogP contribution in [0.3, 0.4) is 0 Å². The molecule has 1 unspecified atom stereocenters. The summed E-state index contributed by atoms with van der Waals surface area (Å²) in [6.07, 6.45) is 1.79. The van der Waals surface area contributed by atoms with E-state index >= 15 is 0 Å². The maximum atomic E-state index is 12.2. The second kappa shape index (κ2) is 8.25. The fraction of sp³-hybridized carbons (Fsp3) is 0.318. The van der Waals surface area contributed by atoms with E-state index in [0.717, 1.165) is 27.7 Å². The number of hydrogen-bond donors (Lipinski definition) is 2. The Morgan fingerprint density at radius 3 is 2.54 bits per heavy atom. The lowest BCUT2D eigenvalue weighted by atomic mass is 10.1. The molecule has 6 heteroatoms. The Kier molecular flexibility index (Phi) is 5.78. The summed E-state index contributed by atoms with van der Waals surface area (Å²) in [6.45, 7) is 7.46. The van der Waals surface area contributed by atoms with Gasteiger partial charge in [-0.05, 0) is 25.3 Å². The molecule has 1 aromatic heterocycles. The molecule has 1 heterocycles. The SMILES string of the molecule is Cc1c(C(C)NC(=O)CNC(=O)C(C)C)cnn1-c1cccc2ccccc12. The summed E-state index contributed by atoms with van der Waals surface area (Å²) >= 11 is 0. The van der Waals surface area contributed by atoms with Crippen LogP contribution in [0, 0.1) is 12.8 Å². The van der Waals surface area contributed by atoms with Crippen molar-refractivity contribution in [2.45, 2.75) is 33.7 Å². The standard InChI is InChI=1S/C22H26N4O2/c1-14(2)22(28)23-13-21(27)25-15(3)19-12-24-26(16(19)4)20-11-7-9-17-8-5-6-10-18(17)20/h5-12,14-15H,13H2,1-4H3,(H,23,28)(H,25,27). The Labute approximate surface area is 164 Å². The predicted molar refractivity (Wildman–Crippen MR) is 110 cm³/mol. The molecule has 28 heavy (non-hydrogen) atoms. The maximum absolute atomic E-state index is 12.2. The van der Waals surface area contributed by atoms with Gasteiger partial charge in [-0.15, -0.1) is 0 Å². The Morgan fingerprint density at radius 2 is 1.79 bits per heavy atom. The first kappa shape index (κ1) is 19.6. The van der Waals surface area contributed by atoms with Gasteiger partial charge in [-0.2, -0.15) is 5.10 Å². The minimum atomic E-state index is -0.223. The summed E-state index contributed by atoms with van der Waals surface area (Å²) in [6, 6.07) is 14.1. The van der Waals surface area contributed by atoms with Crippen molar-refractivity contribution in [3.63, 3.8) is 0 Å². The third-order valence-corrected chi connectivity index (χ3v) is 4.83. The number of nitrogens with zero attached hydrogens (tertiary/aromatic N) is 2. The second-order valence-electron chi connectivity index (χ2n) is 7.26. The molecule has 0 saturated heterocycles. The zero-order valence-electron chi connectivity index (χ0n) is 16.7. The second-order valence-corrected chi connectivity index (χ2v) is 7.26. The van der Waals surface area contributed by atoms with E-state index in [2.05, 4.69) is 33.9 Å². The lowest BCUT2D eigenvalue weighted by Crippen LogP contribution is -2.39. The van der Waals surface area contributed by atoms with E-state index in [9.17, 15) is 9.59 Å². The monoisotopic (exact) mass is 378 g/mol. The molecule has 0 aliphatic carbocycles. The summed E-state index contributed by atoms with van der Waals surface area (Å²) in [5.41, 5.74) is 2.91. The van der Waals surface area contributed by atoms with E-state index in [-0.39, 0.29) is 30.3 Å². The van der Waals surface area contributed by atoms with Gasteiger partial charge < -0.3 is 10.6 Å². The fourth-order valence-electron chi connectivity index (χ4n) is 3.23. The number of amides is 2. The maximum Gasteiger partial charge on any atom is 0.239 e. The van der Waals surface area contributed by atoms with Crippen LogP contribution in [0.25, 0.3) is 16.5 Å². The number of carbonyl (C=O) groups is 2. The van der Waals surface area contributed by atoms with E-state index in [1.54, 1.807) is 20.0 Å². The lowest BCUT2D eigenvalue weighted by Gasteiger charge is -2.15. The molecule has 2 amide bonds. The van der Waals surface area contributed by atoms with Crippen LogP contribution in [-0.4, -0.2) is 28.1 Å². The number of carbonyl (C=O) groups excluding carboxylic acids is 2. The normalized spacial score (nSPS) is 12.2. The van der Waals surface area contributed by atoms with Crippen molar-refractivity contribution >= 4 is 22.6 Å². The van der Waals surface area contributed by atoms with Gasteiger partial charge in [-0.25, -0.2) is 4.68 Å². The molecule has 0 saturated carbocycles. The summed E-state index contributed by atoms with van der Waals surface area (Å²) in [5, 5.41) is 12.4. The first-order valence-electron chi connectivity index (χ1n) is 9.48. The van der Waals surface area contributed by atoms with E-state index in [1.165, 1.54) is 0 Å². The molecule has 0 aliphatic rings. The topological polar surface area (TPSA) is 76.0 Å². The Balaban J connectivity index is 1.77. The smallest absolute Gasteiger partial charge is 0.239 e. The molecule has 146 valence electrons. The number of fused-ring (bicyclic) bond motifs is 1. The van der Waals surface area contributed by atoms with Gasteiger partial charge in [0, 0.05) is 22.6 Å². The van der Waals surface area contributed by atoms with Gasteiger partial charge in [-0.1, -0.05) is 50.2 Å². The van der Waals surface area contributed by atoms with E-state index in [1.807, 2.05) is 42.8 Å². The highest BCUT2D eigenvalue weighted by atomic mass is 16.2. The zero-order chi connectivity index (χ0) is 20.3. The van der Waals surface area contributed by atoms with Crippen LogP contribution in [0.1, 0.15) is 38.1 Å². The molecule has 3 rings (SSSR count). The molecule has 0 bridgehead atoms.